The van der Waals surface area contributed by atoms with Crippen LogP contribution in [-0.4, -0.2) is 6.61 Å². The lowest BCUT2D eigenvalue weighted by atomic mass is 10.1. The van der Waals surface area contributed by atoms with Crippen LogP contribution in [-0.2, 0) is 0 Å². The largest absolute Gasteiger partial charge is 0.491 e. The molecular formula is C14H17ClN2O. The van der Waals surface area contributed by atoms with Gasteiger partial charge in [-0.25, -0.2) is 0 Å². The number of nitrogens with zero attached hydrogens (tertiary/aromatic N) is 1. The second-order valence-corrected chi connectivity index (χ2v) is 5.51. The first kappa shape index (κ1) is 13.2. The first-order valence-electron chi connectivity index (χ1n) is 6.11. The lowest BCUT2D eigenvalue weighted by molar-refractivity contribution is 0.237. The molecule has 0 radical (unpaired) electrons. The minimum atomic E-state index is -0.0371. The van der Waals surface area contributed by atoms with Crippen LogP contribution in [0.2, 0.25) is 5.02 Å². The van der Waals surface area contributed by atoms with Crippen molar-refractivity contribution in [2.75, 3.05) is 6.61 Å². The van der Waals surface area contributed by atoms with Crippen molar-refractivity contribution in [1.82, 2.24) is 0 Å². The molecule has 4 heteroatoms. The number of nitriles is 1. The van der Waals surface area contributed by atoms with Crippen LogP contribution >= 0.6 is 11.6 Å². The summed E-state index contributed by atoms with van der Waals surface area (Å²) in [6.07, 6.45) is 2.69. The fourth-order valence-corrected chi connectivity index (χ4v) is 2.11. The third-order valence-electron chi connectivity index (χ3n) is 3.43. The number of nitrogens with two attached hydrogens (primary N) is 1. The second-order valence-electron chi connectivity index (χ2n) is 5.10. The molecule has 0 bridgehead atoms. The van der Waals surface area contributed by atoms with Crippen LogP contribution in [0.3, 0.4) is 0 Å². The second kappa shape index (κ2) is 5.17. The van der Waals surface area contributed by atoms with Crippen molar-refractivity contribution in [3.05, 3.63) is 28.8 Å². The molecule has 2 N–H and O–H groups in total. The summed E-state index contributed by atoms with van der Waals surface area (Å²) in [6, 6.07) is 7.79. The van der Waals surface area contributed by atoms with Gasteiger partial charge < -0.3 is 10.5 Å². The van der Waals surface area contributed by atoms with Crippen LogP contribution in [0.25, 0.3) is 0 Å². The van der Waals surface area contributed by atoms with Gasteiger partial charge in [-0.05, 0) is 37.5 Å². The summed E-state index contributed by atoms with van der Waals surface area (Å²) in [5, 5.41) is 9.33. The monoisotopic (exact) mass is 264 g/mol. The van der Waals surface area contributed by atoms with Gasteiger partial charge in [-0.15, -0.1) is 0 Å². The van der Waals surface area contributed by atoms with Crippen molar-refractivity contribution >= 4 is 11.6 Å². The molecule has 0 amide bonds. The van der Waals surface area contributed by atoms with Crippen molar-refractivity contribution in [3.8, 4) is 11.8 Å². The molecule has 0 aliphatic heterocycles. The van der Waals surface area contributed by atoms with E-state index in [0.717, 1.165) is 18.4 Å². The van der Waals surface area contributed by atoms with Crippen LogP contribution in [0.15, 0.2) is 18.2 Å². The van der Waals surface area contributed by atoms with Crippen LogP contribution in [0, 0.1) is 16.7 Å². The summed E-state index contributed by atoms with van der Waals surface area (Å²) >= 11 is 6.15. The molecule has 96 valence electrons. The molecule has 1 saturated carbocycles. The van der Waals surface area contributed by atoms with Crippen molar-refractivity contribution in [2.45, 2.75) is 32.2 Å². The third kappa shape index (κ3) is 2.95. The van der Waals surface area contributed by atoms with Gasteiger partial charge in [0.25, 0.3) is 0 Å². The highest BCUT2D eigenvalue weighted by atomic mass is 35.5. The molecule has 1 fully saturated rings. The van der Waals surface area contributed by atoms with Gasteiger partial charge >= 0.3 is 0 Å². The fraction of sp³-hybridized carbons (Fsp3) is 0.500. The summed E-state index contributed by atoms with van der Waals surface area (Å²) in [5.41, 5.74) is 6.85. The molecule has 18 heavy (non-hydrogen) atoms. The molecular weight excluding hydrogens is 248 g/mol. The minimum Gasteiger partial charge on any atom is -0.491 e. The van der Waals surface area contributed by atoms with Gasteiger partial charge in [0, 0.05) is 17.9 Å². The number of hydrogen-bond acceptors (Lipinski definition) is 3. The van der Waals surface area contributed by atoms with Crippen LogP contribution in [0.5, 0.6) is 5.75 Å². The molecule has 1 aromatic carbocycles. The van der Waals surface area contributed by atoms with E-state index in [0.29, 0.717) is 23.8 Å². The molecule has 3 nitrogen and oxygen atoms in total. The average molecular weight is 265 g/mol. The van der Waals surface area contributed by atoms with E-state index in [9.17, 15) is 0 Å². The van der Waals surface area contributed by atoms with E-state index in [1.54, 1.807) is 0 Å². The fourth-order valence-electron chi connectivity index (χ4n) is 1.86. The summed E-state index contributed by atoms with van der Waals surface area (Å²) in [6.45, 7) is 2.48. The van der Waals surface area contributed by atoms with Gasteiger partial charge in [0.2, 0.25) is 0 Å². The van der Waals surface area contributed by atoms with Gasteiger partial charge in [0.1, 0.15) is 5.75 Å². The third-order valence-corrected chi connectivity index (χ3v) is 3.72. The van der Waals surface area contributed by atoms with Crippen LogP contribution in [0.1, 0.15) is 37.8 Å². The Morgan fingerprint density at radius 2 is 2.28 bits per heavy atom. The highest BCUT2D eigenvalue weighted by Gasteiger charge is 2.43. The number of ether oxygens (including phenoxy) is 1. The Balaban J connectivity index is 2.00. The summed E-state index contributed by atoms with van der Waals surface area (Å²) in [5.74, 6) is 0.672. The lowest BCUT2D eigenvalue weighted by Crippen LogP contribution is -2.12. The molecule has 0 aromatic heterocycles. The van der Waals surface area contributed by atoms with Crippen molar-refractivity contribution in [1.29, 1.82) is 5.26 Å². The van der Waals surface area contributed by atoms with E-state index >= 15 is 0 Å². The molecule has 1 aliphatic carbocycles. The van der Waals surface area contributed by atoms with Crippen molar-refractivity contribution in [3.63, 3.8) is 0 Å². The average Bonchev–Trinajstić information content (AvgIpc) is 3.08. The van der Waals surface area contributed by atoms with E-state index in [2.05, 4.69) is 6.07 Å². The van der Waals surface area contributed by atoms with Crippen molar-refractivity contribution in [2.24, 2.45) is 11.1 Å². The van der Waals surface area contributed by atoms with Gasteiger partial charge in [0.15, 0.2) is 0 Å². The lowest BCUT2D eigenvalue weighted by Gasteiger charge is -2.15. The molecule has 0 spiro atoms. The van der Waals surface area contributed by atoms with Gasteiger partial charge in [0.05, 0.1) is 17.7 Å². The maximum Gasteiger partial charge on any atom is 0.137 e. The Labute approximate surface area is 112 Å². The Kier molecular flexibility index (Phi) is 3.79. The minimum absolute atomic E-state index is 0.0371. The quantitative estimate of drug-likeness (QED) is 0.886. The zero-order valence-electron chi connectivity index (χ0n) is 10.4. The Hall–Kier alpha value is -1.24. The number of hydrogen-bond donors (Lipinski definition) is 1. The molecule has 2 rings (SSSR count). The highest BCUT2D eigenvalue weighted by Crippen LogP contribution is 2.49. The zero-order chi connectivity index (χ0) is 13.2. The number of benzene rings is 1. The standard InChI is InChI=1S/C14H17ClN2O/c1-10(17)11-2-3-13(12(15)8-11)18-9-14(4-5-14)6-7-16/h2-3,8,10H,4-6,9,17H2,1H3. The predicted octanol–water partition coefficient (Wildman–Crippen LogP) is 3.43. The Bertz CT molecular complexity index is 475. The van der Waals surface area contributed by atoms with Crippen LogP contribution < -0.4 is 10.5 Å². The van der Waals surface area contributed by atoms with Crippen molar-refractivity contribution < 1.29 is 4.74 Å². The normalized spacial score (nSPS) is 17.9. The van der Waals surface area contributed by atoms with Gasteiger partial charge in [-0.2, -0.15) is 5.26 Å². The first-order valence-corrected chi connectivity index (χ1v) is 6.49. The topological polar surface area (TPSA) is 59.0 Å². The Morgan fingerprint density at radius 3 is 2.78 bits per heavy atom. The highest BCUT2D eigenvalue weighted by molar-refractivity contribution is 6.32. The SMILES string of the molecule is CC(N)c1ccc(OCC2(CC#N)CC2)c(Cl)c1. The smallest absolute Gasteiger partial charge is 0.137 e. The molecule has 1 aromatic rings. The van der Waals surface area contributed by atoms with E-state index in [4.69, 9.17) is 27.3 Å². The summed E-state index contributed by atoms with van der Waals surface area (Å²) in [7, 11) is 0. The Morgan fingerprint density at radius 1 is 1.56 bits per heavy atom. The summed E-state index contributed by atoms with van der Waals surface area (Å²) < 4.78 is 5.73. The van der Waals surface area contributed by atoms with E-state index in [-0.39, 0.29) is 11.5 Å². The number of halogens is 1. The maximum absolute atomic E-state index is 8.75. The zero-order valence-corrected chi connectivity index (χ0v) is 11.2. The van der Waals surface area contributed by atoms with Crippen LogP contribution in [0.4, 0.5) is 0 Å². The first-order chi connectivity index (χ1) is 8.56. The van der Waals surface area contributed by atoms with E-state index in [1.165, 1.54) is 0 Å². The molecule has 1 atom stereocenters. The van der Waals surface area contributed by atoms with E-state index in [1.807, 2.05) is 25.1 Å². The predicted molar refractivity (Wildman–Crippen MR) is 71.4 cm³/mol. The molecule has 0 heterocycles. The maximum atomic E-state index is 8.75. The van der Waals surface area contributed by atoms with Gasteiger partial charge in [-0.1, -0.05) is 17.7 Å². The molecule has 0 saturated heterocycles. The summed E-state index contributed by atoms with van der Waals surface area (Å²) in [4.78, 5) is 0. The van der Waals surface area contributed by atoms with E-state index < -0.39 is 0 Å². The molecule has 1 unspecified atom stereocenters. The van der Waals surface area contributed by atoms with Gasteiger partial charge in [-0.3, -0.25) is 0 Å². The number of rotatable bonds is 5. The molecule has 1 aliphatic rings.